The van der Waals surface area contributed by atoms with Crippen molar-refractivity contribution in [2.24, 2.45) is 0 Å². The average molecular weight is 301 g/mol. The summed E-state index contributed by atoms with van der Waals surface area (Å²) in [6, 6.07) is 1.83. The third-order valence-electron chi connectivity index (χ3n) is 3.50. The molecule has 0 aliphatic heterocycles. The molecule has 0 atom stereocenters. The predicted octanol–water partition coefficient (Wildman–Crippen LogP) is 4.23. The summed E-state index contributed by atoms with van der Waals surface area (Å²) in [5, 5.41) is 3.61. The molecule has 1 aromatic heterocycles. The first kappa shape index (κ1) is 14.6. The van der Waals surface area contributed by atoms with E-state index in [2.05, 4.69) is 10.3 Å². The van der Waals surface area contributed by atoms with E-state index in [4.69, 9.17) is 23.2 Å². The van der Waals surface area contributed by atoms with Gasteiger partial charge in [0.2, 0.25) is 0 Å². The molecule has 1 fully saturated rings. The number of halogens is 2. The number of rotatable bonds is 2. The Hall–Kier alpha value is -0.800. The lowest BCUT2D eigenvalue weighted by atomic mass is 9.96. The molecule has 2 rings (SSSR count). The summed E-state index contributed by atoms with van der Waals surface area (Å²) in [5.41, 5.74) is 0.469. The molecule has 1 heterocycles. The van der Waals surface area contributed by atoms with Gasteiger partial charge < -0.3 is 5.32 Å². The molecule has 0 bridgehead atoms. The van der Waals surface area contributed by atoms with E-state index >= 15 is 0 Å². The average Bonchev–Trinajstić information content (AvgIpc) is 2.35. The number of aromatic nitrogens is 1. The first-order chi connectivity index (χ1) is 9.16. The Balaban J connectivity index is 1.96. The van der Waals surface area contributed by atoms with Crippen LogP contribution < -0.4 is 5.32 Å². The minimum atomic E-state index is -0.114. The van der Waals surface area contributed by atoms with Gasteiger partial charge in [-0.2, -0.15) is 0 Å². The van der Waals surface area contributed by atoms with E-state index in [1.807, 2.05) is 0 Å². The van der Waals surface area contributed by atoms with Gasteiger partial charge in [-0.15, -0.1) is 0 Å². The summed E-state index contributed by atoms with van der Waals surface area (Å²) in [6.07, 6.45) is 9.79. The lowest BCUT2D eigenvalue weighted by molar-refractivity contribution is 0.0930. The van der Waals surface area contributed by atoms with Crippen LogP contribution in [0.15, 0.2) is 12.3 Å². The van der Waals surface area contributed by atoms with Crippen molar-refractivity contribution in [2.45, 2.75) is 51.0 Å². The molecule has 19 heavy (non-hydrogen) atoms. The molecule has 0 spiro atoms. The molecule has 1 aliphatic carbocycles. The van der Waals surface area contributed by atoms with Crippen molar-refractivity contribution in [3.8, 4) is 0 Å². The van der Waals surface area contributed by atoms with Crippen molar-refractivity contribution in [2.75, 3.05) is 0 Å². The summed E-state index contributed by atoms with van der Waals surface area (Å²) in [5.74, 6) is -0.114. The number of amides is 1. The van der Waals surface area contributed by atoms with Crippen LogP contribution in [0.1, 0.15) is 55.3 Å². The Labute approximate surface area is 123 Å². The summed E-state index contributed by atoms with van der Waals surface area (Å²) in [4.78, 5) is 16.0. The Morgan fingerprint density at radius 1 is 1.16 bits per heavy atom. The number of pyridine rings is 1. The predicted molar refractivity (Wildman–Crippen MR) is 77.8 cm³/mol. The van der Waals surface area contributed by atoms with Gasteiger partial charge in [0.15, 0.2) is 0 Å². The van der Waals surface area contributed by atoms with E-state index in [1.165, 1.54) is 38.3 Å². The van der Waals surface area contributed by atoms with E-state index in [9.17, 15) is 4.79 Å². The highest BCUT2D eigenvalue weighted by Crippen LogP contribution is 2.21. The summed E-state index contributed by atoms with van der Waals surface area (Å²) < 4.78 is 0. The maximum Gasteiger partial charge on any atom is 0.253 e. The van der Waals surface area contributed by atoms with Gasteiger partial charge in [0.1, 0.15) is 5.15 Å². The standard InChI is InChI=1S/C14H18Cl2N2O/c15-12-8-10(9-17-13(12)16)14(19)18-11-6-4-2-1-3-5-7-11/h8-9,11H,1-7H2,(H,18,19). The van der Waals surface area contributed by atoms with Crippen molar-refractivity contribution in [3.63, 3.8) is 0 Å². The molecular formula is C14H18Cl2N2O. The van der Waals surface area contributed by atoms with E-state index in [1.54, 1.807) is 6.07 Å². The largest absolute Gasteiger partial charge is 0.349 e. The minimum absolute atomic E-state index is 0.114. The zero-order valence-electron chi connectivity index (χ0n) is 10.8. The fourth-order valence-corrected chi connectivity index (χ4v) is 2.68. The molecule has 1 aliphatic rings. The smallest absolute Gasteiger partial charge is 0.253 e. The van der Waals surface area contributed by atoms with Crippen LogP contribution in [0.25, 0.3) is 0 Å². The highest BCUT2D eigenvalue weighted by atomic mass is 35.5. The normalized spacial score (nSPS) is 17.6. The topological polar surface area (TPSA) is 42.0 Å². The zero-order valence-corrected chi connectivity index (χ0v) is 12.3. The van der Waals surface area contributed by atoms with E-state index in [0.29, 0.717) is 10.6 Å². The molecule has 0 radical (unpaired) electrons. The van der Waals surface area contributed by atoms with E-state index in [0.717, 1.165) is 12.8 Å². The third-order valence-corrected chi connectivity index (χ3v) is 4.18. The van der Waals surface area contributed by atoms with Crippen LogP contribution in [-0.4, -0.2) is 16.9 Å². The number of hydrogen-bond donors (Lipinski definition) is 1. The van der Waals surface area contributed by atoms with Crippen molar-refractivity contribution in [3.05, 3.63) is 28.0 Å². The highest BCUT2D eigenvalue weighted by Gasteiger charge is 2.16. The van der Waals surface area contributed by atoms with Crippen LogP contribution in [0.4, 0.5) is 0 Å². The molecule has 1 aromatic rings. The number of carbonyl (C=O) groups excluding carboxylic acids is 1. The van der Waals surface area contributed by atoms with Gasteiger partial charge in [-0.1, -0.05) is 55.3 Å². The Kier molecular flexibility index (Phi) is 5.46. The zero-order chi connectivity index (χ0) is 13.7. The van der Waals surface area contributed by atoms with Crippen LogP contribution in [0.2, 0.25) is 10.2 Å². The Morgan fingerprint density at radius 2 is 1.79 bits per heavy atom. The van der Waals surface area contributed by atoms with Crippen molar-refractivity contribution < 1.29 is 4.79 Å². The first-order valence-corrected chi connectivity index (χ1v) is 7.54. The van der Waals surface area contributed by atoms with Gasteiger partial charge in [0.25, 0.3) is 5.91 Å². The minimum Gasteiger partial charge on any atom is -0.349 e. The molecule has 1 amide bonds. The summed E-state index contributed by atoms with van der Waals surface area (Å²) in [6.45, 7) is 0. The fraction of sp³-hybridized carbons (Fsp3) is 0.571. The van der Waals surface area contributed by atoms with Gasteiger partial charge >= 0.3 is 0 Å². The molecule has 0 aromatic carbocycles. The van der Waals surface area contributed by atoms with Crippen molar-refractivity contribution in [1.29, 1.82) is 0 Å². The van der Waals surface area contributed by atoms with Gasteiger partial charge in [-0.3, -0.25) is 4.79 Å². The summed E-state index contributed by atoms with van der Waals surface area (Å²) in [7, 11) is 0. The molecule has 5 heteroatoms. The maximum absolute atomic E-state index is 12.1. The van der Waals surface area contributed by atoms with Gasteiger partial charge in [0, 0.05) is 12.2 Å². The number of hydrogen-bond acceptors (Lipinski definition) is 2. The maximum atomic E-state index is 12.1. The SMILES string of the molecule is O=C(NC1CCCCCCC1)c1cnc(Cl)c(Cl)c1. The molecule has 0 saturated heterocycles. The van der Waals surface area contributed by atoms with Crippen LogP contribution in [0, 0.1) is 0 Å². The second-order valence-electron chi connectivity index (χ2n) is 5.01. The number of nitrogens with one attached hydrogen (secondary N) is 1. The lowest BCUT2D eigenvalue weighted by Crippen LogP contribution is -2.35. The molecule has 0 unspecified atom stereocenters. The van der Waals surface area contributed by atoms with Crippen LogP contribution in [0.5, 0.6) is 0 Å². The van der Waals surface area contributed by atoms with E-state index < -0.39 is 0 Å². The Bertz CT molecular complexity index is 443. The first-order valence-electron chi connectivity index (χ1n) is 6.79. The Morgan fingerprint density at radius 3 is 2.42 bits per heavy atom. The summed E-state index contributed by atoms with van der Waals surface area (Å²) >= 11 is 11.6. The second kappa shape index (κ2) is 7.11. The second-order valence-corrected chi connectivity index (χ2v) is 5.78. The van der Waals surface area contributed by atoms with Gasteiger partial charge in [-0.05, 0) is 18.9 Å². The molecule has 1 saturated carbocycles. The van der Waals surface area contributed by atoms with E-state index in [-0.39, 0.29) is 17.1 Å². The van der Waals surface area contributed by atoms with Gasteiger partial charge in [-0.25, -0.2) is 4.98 Å². The fourth-order valence-electron chi connectivity index (χ4n) is 2.41. The van der Waals surface area contributed by atoms with Crippen LogP contribution in [0.3, 0.4) is 0 Å². The van der Waals surface area contributed by atoms with Crippen LogP contribution in [-0.2, 0) is 0 Å². The molecule has 3 nitrogen and oxygen atoms in total. The number of carbonyl (C=O) groups is 1. The third kappa shape index (κ3) is 4.36. The quantitative estimate of drug-likeness (QED) is 0.831. The molecule has 1 N–H and O–H groups in total. The molecule has 104 valence electrons. The van der Waals surface area contributed by atoms with Crippen molar-refractivity contribution >= 4 is 29.1 Å². The van der Waals surface area contributed by atoms with Crippen LogP contribution >= 0.6 is 23.2 Å². The van der Waals surface area contributed by atoms with Crippen molar-refractivity contribution in [1.82, 2.24) is 10.3 Å². The highest BCUT2D eigenvalue weighted by molar-refractivity contribution is 6.41. The molecular weight excluding hydrogens is 283 g/mol. The van der Waals surface area contributed by atoms with Gasteiger partial charge in [0.05, 0.1) is 10.6 Å². The monoisotopic (exact) mass is 300 g/mol. The number of nitrogens with zero attached hydrogens (tertiary/aromatic N) is 1. The lowest BCUT2D eigenvalue weighted by Gasteiger charge is -2.21.